The second kappa shape index (κ2) is 6.18. The molecule has 0 bridgehead atoms. The first-order valence-electron chi connectivity index (χ1n) is 7.25. The van der Waals surface area contributed by atoms with Gasteiger partial charge in [0.2, 0.25) is 11.0 Å². The average Bonchev–Trinajstić information content (AvgIpc) is 2.74. The van der Waals surface area contributed by atoms with Crippen molar-refractivity contribution in [2.24, 2.45) is 11.3 Å². The SMILES string of the molecule is CC(C)Cc1nnc(NC(=O)C2NCCCC2(C)C)s1. The first-order chi connectivity index (χ1) is 9.38. The van der Waals surface area contributed by atoms with Crippen molar-refractivity contribution in [1.82, 2.24) is 15.5 Å². The molecule has 1 atom stereocenters. The highest BCUT2D eigenvalue weighted by Gasteiger charge is 2.37. The third kappa shape index (κ3) is 3.76. The van der Waals surface area contributed by atoms with Crippen molar-refractivity contribution in [1.29, 1.82) is 0 Å². The van der Waals surface area contributed by atoms with E-state index in [1.54, 1.807) is 0 Å². The fraction of sp³-hybridized carbons (Fsp3) is 0.786. The van der Waals surface area contributed by atoms with Crippen molar-refractivity contribution >= 4 is 22.4 Å². The molecule has 1 amide bonds. The highest BCUT2D eigenvalue weighted by atomic mass is 32.1. The molecule has 0 aromatic carbocycles. The normalized spacial score (nSPS) is 21.9. The first-order valence-corrected chi connectivity index (χ1v) is 8.07. The molecule has 1 aliphatic heterocycles. The second-order valence-corrected chi connectivity index (χ2v) is 7.63. The van der Waals surface area contributed by atoms with Crippen LogP contribution < -0.4 is 10.6 Å². The standard InChI is InChI=1S/C14H24N4OS/c1-9(2)8-10-17-18-13(20-10)16-12(19)11-14(3,4)6-5-7-15-11/h9,11,15H,5-8H2,1-4H3,(H,16,18,19). The summed E-state index contributed by atoms with van der Waals surface area (Å²) in [5.74, 6) is 0.549. The summed E-state index contributed by atoms with van der Waals surface area (Å²) in [5.41, 5.74) is -0.0201. The van der Waals surface area contributed by atoms with Crippen molar-refractivity contribution in [3.8, 4) is 0 Å². The molecule has 112 valence electrons. The maximum atomic E-state index is 12.4. The van der Waals surface area contributed by atoms with Crippen LogP contribution >= 0.6 is 11.3 Å². The van der Waals surface area contributed by atoms with Gasteiger partial charge in [-0.3, -0.25) is 10.1 Å². The molecule has 0 saturated carbocycles. The van der Waals surface area contributed by atoms with E-state index in [-0.39, 0.29) is 17.4 Å². The van der Waals surface area contributed by atoms with Crippen LogP contribution in [-0.4, -0.2) is 28.7 Å². The largest absolute Gasteiger partial charge is 0.305 e. The molecule has 1 aromatic heterocycles. The lowest BCUT2D eigenvalue weighted by Crippen LogP contribution is -2.53. The average molecular weight is 296 g/mol. The molecule has 1 unspecified atom stereocenters. The Hall–Kier alpha value is -1.01. The summed E-state index contributed by atoms with van der Waals surface area (Å²) in [5, 5.41) is 16.0. The van der Waals surface area contributed by atoms with Crippen molar-refractivity contribution < 1.29 is 4.79 Å². The number of carbonyl (C=O) groups is 1. The zero-order valence-electron chi connectivity index (χ0n) is 12.7. The molecule has 2 heterocycles. The van der Waals surface area contributed by atoms with Crippen LogP contribution in [0, 0.1) is 11.3 Å². The Kier molecular flexibility index (Phi) is 4.75. The lowest BCUT2D eigenvalue weighted by molar-refractivity contribution is -0.121. The number of amides is 1. The van der Waals surface area contributed by atoms with E-state index in [1.807, 2.05) is 0 Å². The minimum atomic E-state index is -0.159. The van der Waals surface area contributed by atoms with Crippen LogP contribution in [0.1, 0.15) is 45.5 Å². The Bertz CT molecular complexity index is 469. The summed E-state index contributed by atoms with van der Waals surface area (Å²) in [7, 11) is 0. The van der Waals surface area contributed by atoms with Gasteiger partial charge >= 0.3 is 0 Å². The smallest absolute Gasteiger partial charge is 0.243 e. The van der Waals surface area contributed by atoms with E-state index in [0.717, 1.165) is 30.8 Å². The fourth-order valence-corrected chi connectivity index (χ4v) is 3.53. The highest BCUT2D eigenvalue weighted by molar-refractivity contribution is 7.15. The van der Waals surface area contributed by atoms with Crippen LogP contribution in [0.5, 0.6) is 0 Å². The number of aromatic nitrogens is 2. The summed E-state index contributed by atoms with van der Waals surface area (Å²) in [4.78, 5) is 12.4. The Morgan fingerprint density at radius 1 is 1.50 bits per heavy atom. The van der Waals surface area contributed by atoms with Gasteiger partial charge in [0.1, 0.15) is 5.01 Å². The van der Waals surface area contributed by atoms with Gasteiger partial charge in [-0.05, 0) is 30.7 Å². The number of hydrogen-bond donors (Lipinski definition) is 2. The molecule has 1 fully saturated rings. The zero-order chi connectivity index (χ0) is 14.8. The van der Waals surface area contributed by atoms with E-state index >= 15 is 0 Å². The van der Waals surface area contributed by atoms with E-state index in [9.17, 15) is 4.79 Å². The Balaban J connectivity index is 1.98. The van der Waals surface area contributed by atoms with Gasteiger partial charge in [-0.2, -0.15) is 0 Å². The molecular formula is C14H24N4OS. The van der Waals surface area contributed by atoms with Gasteiger partial charge in [-0.1, -0.05) is 39.0 Å². The monoisotopic (exact) mass is 296 g/mol. The quantitative estimate of drug-likeness (QED) is 0.895. The van der Waals surface area contributed by atoms with Crippen molar-refractivity contribution in [2.45, 2.75) is 53.0 Å². The number of carbonyl (C=O) groups excluding carboxylic acids is 1. The summed E-state index contributed by atoms with van der Waals surface area (Å²) < 4.78 is 0. The van der Waals surface area contributed by atoms with E-state index in [2.05, 4.69) is 48.5 Å². The maximum Gasteiger partial charge on any atom is 0.243 e. The predicted octanol–water partition coefficient (Wildman–Crippen LogP) is 2.45. The number of rotatable bonds is 4. The minimum absolute atomic E-state index is 0.00180. The predicted molar refractivity (Wildman–Crippen MR) is 81.9 cm³/mol. The third-order valence-corrected chi connectivity index (χ3v) is 4.53. The van der Waals surface area contributed by atoms with Crippen LogP contribution in [0.2, 0.25) is 0 Å². The van der Waals surface area contributed by atoms with E-state index < -0.39 is 0 Å². The van der Waals surface area contributed by atoms with Crippen LogP contribution in [-0.2, 0) is 11.2 Å². The molecule has 1 aromatic rings. The van der Waals surface area contributed by atoms with Gasteiger partial charge in [-0.15, -0.1) is 10.2 Å². The van der Waals surface area contributed by atoms with Gasteiger partial charge in [0.15, 0.2) is 0 Å². The van der Waals surface area contributed by atoms with Crippen molar-refractivity contribution in [3.05, 3.63) is 5.01 Å². The molecule has 6 heteroatoms. The highest BCUT2D eigenvalue weighted by Crippen LogP contribution is 2.31. The Morgan fingerprint density at radius 3 is 2.90 bits per heavy atom. The van der Waals surface area contributed by atoms with Crippen LogP contribution in [0.4, 0.5) is 5.13 Å². The van der Waals surface area contributed by atoms with Crippen molar-refractivity contribution in [3.63, 3.8) is 0 Å². The number of nitrogens with zero attached hydrogens (tertiary/aromatic N) is 2. The molecular weight excluding hydrogens is 272 g/mol. The molecule has 1 aliphatic rings. The van der Waals surface area contributed by atoms with Crippen LogP contribution in [0.25, 0.3) is 0 Å². The van der Waals surface area contributed by atoms with Gasteiger partial charge < -0.3 is 5.32 Å². The van der Waals surface area contributed by atoms with Gasteiger partial charge in [0, 0.05) is 6.42 Å². The van der Waals surface area contributed by atoms with Gasteiger partial charge in [0.25, 0.3) is 0 Å². The number of anilines is 1. The van der Waals surface area contributed by atoms with Gasteiger partial charge in [-0.25, -0.2) is 0 Å². The second-order valence-electron chi connectivity index (χ2n) is 6.57. The van der Waals surface area contributed by atoms with E-state index in [4.69, 9.17) is 0 Å². The van der Waals surface area contributed by atoms with Crippen molar-refractivity contribution in [2.75, 3.05) is 11.9 Å². The molecule has 20 heavy (non-hydrogen) atoms. The lowest BCUT2D eigenvalue weighted by Gasteiger charge is -2.37. The Morgan fingerprint density at radius 2 is 2.25 bits per heavy atom. The summed E-state index contributed by atoms with van der Waals surface area (Å²) >= 11 is 1.47. The van der Waals surface area contributed by atoms with E-state index in [1.165, 1.54) is 11.3 Å². The summed E-state index contributed by atoms with van der Waals surface area (Å²) in [6.07, 6.45) is 3.08. The van der Waals surface area contributed by atoms with E-state index in [0.29, 0.717) is 11.0 Å². The maximum absolute atomic E-state index is 12.4. The van der Waals surface area contributed by atoms with Gasteiger partial charge in [0.05, 0.1) is 6.04 Å². The molecule has 0 radical (unpaired) electrons. The molecule has 0 spiro atoms. The molecule has 2 rings (SSSR count). The number of piperidine rings is 1. The first kappa shape index (κ1) is 15.4. The number of nitrogens with one attached hydrogen (secondary N) is 2. The molecule has 1 saturated heterocycles. The molecule has 2 N–H and O–H groups in total. The fourth-order valence-electron chi connectivity index (χ4n) is 2.57. The van der Waals surface area contributed by atoms with Crippen LogP contribution in [0.3, 0.4) is 0 Å². The summed E-state index contributed by atoms with van der Waals surface area (Å²) in [6, 6.07) is -0.159. The minimum Gasteiger partial charge on any atom is -0.305 e. The Labute approximate surface area is 124 Å². The summed E-state index contributed by atoms with van der Waals surface area (Å²) in [6.45, 7) is 9.46. The lowest BCUT2D eigenvalue weighted by atomic mass is 9.77. The third-order valence-electron chi connectivity index (χ3n) is 3.67. The molecule has 0 aliphatic carbocycles. The molecule has 5 nitrogen and oxygen atoms in total. The van der Waals surface area contributed by atoms with Crippen LogP contribution in [0.15, 0.2) is 0 Å². The zero-order valence-corrected chi connectivity index (χ0v) is 13.5. The number of hydrogen-bond acceptors (Lipinski definition) is 5. The topological polar surface area (TPSA) is 66.9 Å².